The molecule has 0 aromatic heterocycles. The Bertz CT molecular complexity index is 517. The Morgan fingerprint density at radius 3 is 2.95 bits per heavy atom. The van der Waals surface area contributed by atoms with E-state index in [1.807, 2.05) is 0 Å². The second kappa shape index (κ2) is 5.23. The first kappa shape index (κ1) is 13.3. The van der Waals surface area contributed by atoms with Crippen molar-refractivity contribution in [3.63, 3.8) is 0 Å². The van der Waals surface area contributed by atoms with Crippen molar-refractivity contribution in [1.29, 1.82) is 0 Å². The van der Waals surface area contributed by atoms with Crippen LogP contribution in [0.15, 0.2) is 18.2 Å². The maximum Gasteiger partial charge on any atom is 0.328 e. The smallest absolute Gasteiger partial charge is 0.328 e. The summed E-state index contributed by atoms with van der Waals surface area (Å²) in [6, 6.07) is 3.93. The molecule has 1 N–H and O–H groups in total. The van der Waals surface area contributed by atoms with Gasteiger partial charge in [-0.25, -0.2) is 4.79 Å². The van der Waals surface area contributed by atoms with E-state index >= 15 is 0 Å². The number of carboxylic acids is 1. The van der Waals surface area contributed by atoms with Crippen molar-refractivity contribution in [1.82, 2.24) is 0 Å². The van der Waals surface area contributed by atoms with Crippen LogP contribution >= 0.6 is 0 Å². The van der Waals surface area contributed by atoms with Gasteiger partial charge in [0.05, 0.1) is 18.1 Å². The second-order valence-corrected chi connectivity index (χ2v) is 4.35. The molecule has 1 atom stereocenters. The second-order valence-electron chi connectivity index (χ2n) is 4.35. The summed E-state index contributed by atoms with van der Waals surface area (Å²) < 4.78 is 5.14. The Morgan fingerprint density at radius 1 is 1.58 bits per heavy atom. The first-order valence-corrected chi connectivity index (χ1v) is 5.83. The van der Waals surface area contributed by atoms with Gasteiger partial charge in [-0.15, -0.1) is 0 Å². The molecule has 7 nitrogen and oxygen atoms in total. The lowest BCUT2D eigenvalue weighted by atomic mass is 10.1. The van der Waals surface area contributed by atoms with Crippen molar-refractivity contribution in [2.45, 2.75) is 13.0 Å². The topological polar surface area (TPSA) is 92.9 Å². The molecule has 2 rings (SSSR count). The molecule has 1 aromatic rings. The number of anilines is 1. The third kappa shape index (κ3) is 2.65. The summed E-state index contributed by atoms with van der Waals surface area (Å²) in [5, 5.41) is 20.1. The van der Waals surface area contributed by atoms with Crippen molar-refractivity contribution in [3.8, 4) is 0 Å². The highest BCUT2D eigenvalue weighted by molar-refractivity contribution is 5.79. The monoisotopic (exact) mass is 266 g/mol. The predicted molar refractivity (Wildman–Crippen MR) is 67.4 cm³/mol. The molecule has 0 spiro atoms. The lowest BCUT2D eigenvalue weighted by molar-refractivity contribution is -0.385. The normalized spacial score (nSPS) is 19.2. The number of ether oxygens (including phenoxy) is 1. The van der Waals surface area contributed by atoms with E-state index in [-0.39, 0.29) is 12.3 Å². The minimum absolute atomic E-state index is 0.00636. The highest BCUT2D eigenvalue weighted by Crippen LogP contribution is 2.27. The van der Waals surface area contributed by atoms with E-state index in [1.54, 1.807) is 24.0 Å². The van der Waals surface area contributed by atoms with Crippen molar-refractivity contribution in [3.05, 3.63) is 33.9 Å². The maximum absolute atomic E-state index is 11.2. The summed E-state index contributed by atoms with van der Waals surface area (Å²) in [6.45, 7) is 2.54. The maximum atomic E-state index is 11.2. The van der Waals surface area contributed by atoms with Crippen LogP contribution in [0.5, 0.6) is 0 Å². The molecule has 0 saturated carbocycles. The van der Waals surface area contributed by atoms with Crippen LogP contribution in [-0.2, 0) is 9.53 Å². The first-order chi connectivity index (χ1) is 9.00. The molecule has 0 aliphatic carbocycles. The average molecular weight is 266 g/mol. The molecule has 7 heteroatoms. The number of nitrogens with zero attached hydrogens (tertiary/aromatic N) is 2. The van der Waals surface area contributed by atoms with Crippen LogP contribution in [0.25, 0.3) is 0 Å². The molecule has 19 heavy (non-hydrogen) atoms. The highest BCUT2D eigenvalue weighted by atomic mass is 16.6. The zero-order valence-corrected chi connectivity index (χ0v) is 10.4. The summed E-state index contributed by atoms with van der Waals surface area (Å²) in [5.41, 5.74) is 1.08. The number of aliphatic carboxylic acids is 1. The van der Waals surface area contributed by atoms with Crippen LogP contribution in [0.4, 0.5) is 11.4 Å². The van der Waals surface area contributed by atoms with Crippen molar-refractivity contribution >= 4 is 17.3 Å². The number of benzene rings is 1. The van der Waals surface area contributed by atoms with Gasteiger partial charge in [-0.3, -0.25) is 10.1 Å². The molecule has 1 aliphatic rings. The molecule has 1 fully saturated rings. The lowest BCUT2D eigenvalue weighted by Gasteiger charge is -2.34. The van der Waals surface area contributed by atoms with E-state index < -0.39 is 16.9 Å². The molecular weight excluding hydrogens is 252 g/mol. The standard InChI is InChI=1S/C12H14N2O5/c1-8-2-3-9(6-10(8)14(17)18)13-4-5-19-7-11(13)12(15)16/h2-3,6,11H,4-5,7H2,1H3,(H,15,16). The summed E-state index contributed by atoms with van der Waals surface area (Å²) in [5.74, 6) is -0.997. The van der Waals surface area contributed by atoms with Gasteiger partial charge in [0, 0.05) is 23.9 Å². The Morgan fingerprint density at radius 2 is 2.32 bits per heavy atom. The van der Waals surface area contributed by atoms with E-state index in [0.29, 0.717) is 24.4 Å². The third-order valence-electron chi connectivity index (χ3n) is 3.13. The number of carboxylic acid groups (broad SMARTS) is 1. The van der Waals surface area contributed by atoms with Gasteiger partial charge in [-0.05, 0) is 13.0 Å². The Labute approximate surface area is 109 Å². The fourth-order valence-corrected chi connectivity index (χ4v) is 2.09. The molecule has 1 heterocycles. The fourth-order valence-electron chi connectivity index (χ4n) is 2.09. The van der Waals surface area contributed by atoms with E-state index in [9.17, 15) is 14.9 Å². The molecule has 102 valence electrons. The lowest BCUT2D eigenvalue weighted by Crippen LogP contribution is -2.50. The molecule has 0 bridgehead atoms. The quantitative estimate of drug-likeness (QED) is 0.652. The van der Waals surface area contributed by atoms with Crippen LogP contribution in [-0.4, -0.2) is 41.8 Å². The average Bonchev–Trinajstić information content (AvgIpc) is 2.39. The number of hydrogen-bond acceptors (Lipinski definition) is 5. The van der Waals surface area contributed by atoms with E-state index in [1.165, 1.54) is 6.07 Å². The van der Waals surface area contributed by atoms with Crippen molar-refractivity contribution < 1.29 is 19.6 Å². The predicted octanol–water partition coefficient (Wildman–Crippen LogP) is 1.19. The van der Waals surface area contributed by atoms with Crippen LogP contribution in [0.1, 0.15) is 5.56 Å². The van der Waals surface area contributed by atoms with Gasteiger partial charge in [0.2, 0.25) is 0 Å². The summed E-state index contributed by atoms with van der Waals surface area (Å²) in [6.07, 6.45) is 0. The Balaban J connectivity index is 2.36. The first-order valence-electron chi connectivity index (χ1n) is 5.83. The van der Waals surface area contributed by atoms with Crippen molar-refractivity contribution in [2.24, 2.45) is 0 Å². The third-order valence-corrected chi connectivity index (χ3v) is 3.13. The summed E-state index contributed by atoms with van der Waals surface area (Å²) >= 11 is 0. The largest absolute Gasteiger partial charge is 0.480 e. The van der Waals surface area contributed by atoms with E-state index in [4.69, 9.17) is 9.84 Å². The van der Waals surface area contributed by atoms with Crippen LogP contribution in [0, 0.1) is 17.0 Å². The molecule has 1 aliphatic heterocycles. The number of morpholine rings is 1. The Kier molecular flexibility index (Phi) is 3.66. The van der Waals surface area contributed by atoms with Gasteiger partial charge in [0.1, 0.15) is 0 Å². The van der Waals surface area contributed by atoms with Gasteiger partial charge in [0.25, 0.3) is 5.69 Å². The number of aryl methyl sites for hydroxylation is 1. The molecular formula is C12H14N2O5. The van der Waals surface area contributed by atoms with Gasteiger partial charge >= 0.3 is 5.97 Å². The molecule has 1 unspecified atom stereocenters. The van der Waals surface area contributed by atoms with Gasteiger partial charge in [0.15, 0.2) is 6.04 Å². The fraction of sp³-hybridized carbons (Fsp3) is 0.417. The van der Waals surface area contributed by atoms with Crippen LogP contribution in [0.2, 0.25) is 0 Å². The number of carbonyl (C=O) groups is 1. The van der Waals surface area contributed by atoms with E-state index in [2.05, 4.69) is 0 Å². The Hall–Kier alpha value is -2.15. The minimum atomic E-state index is -0.997. The molecule has 0 amide bonds. The SMILES string of the molecule is Cc1ccc(N2CCOCC2C(=O)O)cc1[N+](=O)[O-]. The van der Waals surface area contributed by atoms with Crippen LogP contribution < -0.4 is 4.90 Å². The molecule has 1 saturated heterocycles. The highest BCUT2D eigenvalue weighted by Gasteiger charge is 2.30. The number of rotatable bonds is 3. The van der Waals surface area contributed by atoms with Gasteiger partial charge in [-0.1, -0.05) is 6.07 Å². The summed E-state index contributed by atoms with van der Waals surface area (Å²) in [7, 11) is 0. The van der Waals surface area contributed by atoms with Crippen molar-refractivity contribution in [2.75, 3.05) is 24.7 Å². The van der Waals surface area contributed by atoms with E-state index in [0.717, 1.165) is 0 Å². The number of nitro benzene ring substituents is 1. The van der Waals surface area contributed by atoms with Crippen LogP contribution in [0.3, 0.4) is 0 Å². The van der Waals surface area contributed by atoms with Gasteiger partial charge in [-0.2, -0.15) is 0 Å². The zero-order valence-electron chi connectivity index (χ0n) is 10.4. The summed E-state index contributed by atoms with van der Waals surface area (Å²) in [4.78, 5) is 23.2. The zero-order chi connectivity index (χ0) is 14.0. The van der Waals surface area contributed by atoms with Gasteiger partial charge < -0.3 is 14.7 Å². The number of hydrogen-bond donors (Lipinski definition) is 1. The number of nitro groups is 1. The minimum Gasteiger partial charge on any atom is -0.480 e. The molecule has 0 radical (unpaired) electrons. The molecule has 1 aromatic carbocycles.